The number of aromatic amines is 1. The standard InChI is InChI=1S/C6H11ClN4/c1-11(2)4-6-8-5(3-7)9-10-6/h3-4H2,1-2H3,(H,8,9,10). The van der Waals surface area contributed by atoms with E-state index >= 15 is 0 Å². The molecular weight excluding hydrogens is 164 g/mol. The smallest absolute Gasteiger partial charge is 0.164 e. The van der Waals surface area contributed by atoms with Crippen LogP contribution in [0.2, 0.25) is 0 Å². The van der Waals surface area contributed by atoms with E-state index in [2.05, 4.69) is 15.2 Å². The second-order valence-electron chi connectivity index (χ2n) is 2.57. The molecule has 1 N–H and O–H groups in total. The average molecular weight is 175 g/mol. The highest BCUT2D eigenvalue weighted by Gasteiger charge is 2.01. The van der Waals surface area contributed by atoms with Crippen molar-refractivity contribution in [2.45, 2.75) is 12.4 Å². The van der Waals surface area contributed by atoms with E-state index in [-0.39, 0.29) is 0 Å². The lowest BCUT2D eigenvalue weighted by Gasteiger charge is -2.03. The van der Waals surface area contributed by atoms with Gasteiger partial charge in [0.1, 0.15) is 5.82 Å². The van der Waals surface area contributed by atoms with Gasteiger partial charge in [-0.3, -0.25) is 5.10 Å². The average Bonchev–Trinajstić information content (AvgIpc) is 2.34. The topological polar surface area (TPSA) is 44.8 Å². The molecule has 0 saturated carbocycles. The highest BCUT2D eigenvalue weighted by molar-refractivity contribution is 6.16. The zero-order chi connectivity index (χ0) is 8.27. The first-order valence-corrected chi connectivity index (χ1v) is 3.86. The van der Waals surface area contributed by atoms with Gasteiger partial charge in [0.15, 0.2) is 5.82 Å². The van der Waals surface area contributed by atoms with Crippen molar-refractivity contribution in [3.05, 3.63) is 11.6 Å². The monoisotopic (exact) mass is 174 g/mol. The molecule has 0 aliphatic carbocycles. The van der Waals surface area contributed by atoms with E-state index < -0.39 is 0 Å². The fourth-order valence-electron chi connectivity index (χ4n) is 0.748. The molecule has 0 atom stereocenters. The van der Waals surface area contributed by atoms with E-state index in [1.807, 2.05) is 19.0 Å². The molecule has 4 nitrogen and oxygen atoms in total. The zero-order valence-corrected chi connectivity index (χ0v) is 7.39. The van der Waals surface area contributed by atoms with Crippen LogP contribution in [0.1, 0.15) is 11.6 Å². The van der Waals surface area contributed by atoms with Crippen molar-refractivity contribution in [1.82, 2.24) is 20.1 Å². The van der Waals surface area contributed by atoms with Crippen LogP contribution < -0.4 is 0 Å². The van der Waals surface area contributed by atoms with Crippen LogP contribution in [-0.4, -0.2) is 34.2 Å². The van der Waals surface area contributed by atoms with Gasteiger partial charge in [0.2, 0.25) is 0 Å². The lowest BCUT2D eigenvalue weighted by molar-refractivity contribution is 0.391. The first-order valence-electron chi connectivity index (χ1n) is 3.33. The Kier molecular flexibility index (Phi) is 2.84. The molecule has 0 aliphatic heterocycles. The highest BCUT2D eigenvalue weighted by Crippen LogP contribution is 1.97. The maximum Gasteiger partial charge on any atom is 0.164 e. The van der Waals surface area contributed by atoms with Crippen molar-refractivity contribution in [3.8, 4) is 0 Å². The Morgan fingerprint density at radius 2 is 2.27 bits per heavy atom. The van der Waals surface area contributed by atoms with Gasteiger partial charge < -0.3 is 4.90 Å². The highest BCUT2D eigenvalue weighted by atomic mass is 35.5. The summed E-state index contributed by atoms with van der Waals surface area (Å²) in [5.41, 5.74) is 0. The first kappa shape index (κ1) is 8.49. The molecule has 11 heavy (non-hydrogen) atoms. The number of halogens is 1. The Morgan fingerprint density at radius 1 is 1.55 bits per heavy atom. The SMILES string of the molecule is CN(C)Cc1n[nH]c(CCl)n1. The number of H-pyrrole nitrogens is 1. The Labute approximate surface area is 70.6 Å². The summed E-state index contributed by atoms with van der Waals surface area (Å²) in [5.74, 6) is 1.90. The minimum Gasteiger partial charge on any atom is -0.302 e. The third-order valence-electron chi connectivity index (χ3n) is 1.16. The van der Waals surface area contributed by atoms with Crippen molar-refractivity contribution in [2.75, 3.05) is 14.1 Å². The molecule has 0 saturated heterocycles. The summed E-state index contributed by atoms with van der Waals surface area (Å²) >= 11 is 5.53. The van der Waals surface area contributed by atoms with Crippen LogP contribution in [0.25, 0.3) is 0 Å². The van der Waals surface area contributed by atoms with Gasteiger partial charge in [-0.1, -0.05) is 0 Å². The molecule has 0 fully saturated rings. The van der Waals surface area contributed by atoms with Gasteiger partial charge in [-0.2, -0.15) is 5.10 Å². The summed E-state index contributed by atoms with van der Waals surface area (Å²) in [6.45, 7) is 0.743. The van der Waals surface area contributed by atoms with Gasteiger partial charge in [-0.15, -0.1) is 11.6 Å². The van der Waals surface area contributed by atoms with Crippen LogP contribution in [0, 0.1) is 0 Å². The number of alkyl halides is 1. The van der Waals surface area contributed by atoms with E-state index in [1.165, 1.54) is 0 Å². The first-order chi connectivity index (χ1) is 5.22. The predicted molar refractivity (Wildman–Crippen MR) is 43.3 cm³/mol. The van der Waals surface area contributed by atoms with Gasteiger partial charge in [0.25, 0.3) is 0 Å². The van der Waals surface area contributed by atoms with E-state index in [9.17, 15) is 0 Å². The minimum absolute atomic E-state index is 0.389. The van der Waals surface area contributed by atoms with Crippen LogP contribution in [0.4, 0.5) is 0 Å². The van der Waals surface area contributed by atoms with Crippen molar-refractivity contribution < 1.29 is 0 Å². The summed E-state index contributed by atoms with van der Waals surface area (Å²) < 4.78 is 0. The van der Waals surface area contributed by atoms with Crippen molar-refractivity contribution in [2.24, 2.45) is 0 Å². The molecule has 5 heteroatoms. The maximum atomic E-state index is 5.53. The lowest BCUT2D eigenvalue weighted by atomic mass is 10.5. The third kappa shape index (κ3) is 2.48. The fourth-order valence-corrected chi connectivity index (χ4v) is 0.868. The predicted octanol–water partition coefficient (Wildman–Crippen LogP) is 0.605. The molecule has 1 aromatic rings. The number of hydrogen-bond acceptors (Lipinski definition) is 3. The van der Waals surface area contributed by atoms with Crippen LogP contribution in [0.3, 0.4) is 0 Å². The molecule has 1 heterocycles. The molecule has 0 spiro atoms. The zero-order valence-electron chi connectivity index (χ0n) is 6.63. The van der Waals surface area contributed by atoms with E-state index in [1.54, 1.807) is 0 Å². The van der Waals surface area contributed by atoms with Gasteiger partial charge >= 0.3 is 0 Å². The summed E-state index contributed by atoms with van der Waals surface area (Å²) in [6.07, 6.45) is 0. The molecule has 0 bridgehead atoms. The summed E-state index contributed by atoms with van der Waals surface area (Å²) in [7, 11) is 3.94. The van der Waals surface area contributed by atoms with E-state index in [0.29, 0.717) is 5.88 Å². The Hall–Kier alpha value is -0.610. The molecular formula is C6H11ClN4. The summed E-state index contributed by atoms with van der Waals surface area (Å²) in [5, 5.41) is 6.71. The number of rotatable bonds is 3. The minimum atomic E-state index is 0.389. The Balaban J connectivity index is 2.58. The van der Waals surface area contributed by atoms with Crippen LogP contribution >= 0.6 is 11.6 Å². The molecule has 0 aromatic carbocycles. The number of aromatic nitrogens is 3. The summed E-state index contributed by atoms with van der Waals surface area (Å²) in [6, 6.07) is 0. The summed E-state index contributed by atoms with van der Waals surface area (Å²) in [4.78, 5) is 6.13. The van der Waals surface area contributed by atoms with E-state index in [4.69, 9.17) is 11.6 Å². The molecule has 0 aliphatic rings. The maximum absolute atomic E-state index is 5.53. The van der Waals surface area contributed by atoms with Crippen LogP contribution in [0.5, 0.6) is 0 Å². The van der Waals surface area contributed by atoms with Gasteiger partial charge in [-0.05, 0) is 14.1 Å². The largest absolute Gasteiger partial charge is 0.302 e. The van der Waals surface area contributed by atoms with E-state index in [0.717, 1.165) is 18.2 Å². The lowest BCUT2D eigenvalue weighted by Crippen LogP contribution is -2.11. The second-order valence-corrected chi connectivity index (χ2v) is 2.84. The van der Waals surface area contributed by atoms with Gasteiger partial charge in [0, 0.05) is 0 Å². The third-order valence-corrected chi connectivity index (χ3v) is 1.42. The van der Waals surface area contributed by atoms with Gasteiger partial charge in [0.05, 0.1) is 12.4 Å². The van der Waals surface area contributed by atoms with Gasteiger partial charge in [-0.25, -0.2) is 4.98 Å². The number of hydrogen-bond donors (Lipinski definition) is 1. The quantitative estimate of drug-likeness (QED) is 0.683. The normalized spacial score (nSPS) is 10.9. The molecule has 0 unspecified atom stereocenters. The molecule has 1 aromatic heterocycles. The Morgan fingerprint density at radius 3 is 2.73 bits per heavy atom. The molecule has 62 valence electrons. The molecule has 0 amide bonds. The van der Waals surface area contributed by atoms with Crippen LogP contribution in [0.15, 0.2) is 0 Å². The van der Waals surface area contributed by atoms with Crippen molar-refractivity contribution >= 4 is 11.6 Å². The van der Waals surface area contributed by atoms with Crippen LogP contribution in [-0.2, 0) is 12.4 Å². The number of nitrogens with zero attached hydrogens (tertiary/aromatic N) is 3. The fraction of sp³-hybridized carbons (Fsp3) is 0.667. The number of nitrogens with one attached hydrogen (secondary N) is 1. The molecule has 0 radical (unpaired) electrons. The second kappa shape index (κ2) is 3.69. The Bertz CT molecular complexity index is 220. The van der Waals surface area contributed by atoms with Crippen molar-refractivity contribution in [3.63, 3.8) is 0 Å². The molecule has 1 rings (SSSR count). The van der Waals surface area contributed by atoms with Crippen molar-refractivity contribution in [1.29, 1.82) is 0 Å².